The zero-order valence-corrected chi connectivity index (χ0v) is 8.78. The predicted molar refractivity (Wildman–Crippen MR) is 52.0 cm³/mol. The fraction of sp³-hybridized carbons (Fsp3) is 0.778. The number of rotatable bonds is 4. The second kappa shape index (κ2) is 4.72. The monoisotopic (exact) mass is 156 g/mol. The molecule has 0 radical (unpaired) electrons. The summed E-state index contributed by atoms with van der Waals surface area (Å²) in [7, 11) is -0.905. The summed E-state index contributed by atoms with van der Waals surface area (Å²) >= 11 is 0. The van der Waals surface area contributed by atoms with E-state index in [2.05, 4.69) is 38.7 Å². The van der Waals surface area contributed by atoms with Crippen molar-refractivity contribution in [1.29, 1.82) is 0 Å². The third kappa shape index (κ3) is 4.80. The Morgan fingerprint density at radius 3 is 2.20 bits per heavy atom. The van der Waals surface area contributed by atoms with Crippen LogP contribution in [0.2, 0.25) is 19.1 Å². The topological polar surface area (TPSA) is 0 Å². The highest BCUT2D eigenvalue weighted by Crippen LogP contribution is 2.12. The fourth-order valence-corrected chi connectivity index (χ4v) is 3.49. The van der Waals surface area contributed by atoms with Crippen molar-refractivity contribution in [3.63, 3.8) is 0 Å². The van der Waals surface area contributed by atoms with Gasteiger partial charge in [0, 0.05) is 0 Å². The Bertz CT molecular complexity index is 103. The second-order valence-electron chi connectivity index (χ2n) is 3.55. The largest absolute Gasteiger partial charge is 0.0987 e. The number of hydrogen-bond donors (Lipinski definition) is 0. The molecule has 0 atom stereocenters. The molecule has 1 heteroatoms. The minimum Gasteiger partial charge on any atom is -0.0987 e. The Hall–Kier alpha value is -0.0431. The van der Waals surface area contributed by atoms with Crippen LogP contribution in [0.5, 0.6) is 0 Å². The third-order valence-corrected chi connectivity index (χ3v) is 4.63. The van der Waals surface area contributed by atoms with Crippen molar-refractivity contribution < 1.29 is 0 Å². The van der Waals surface area contributed by atoms with Crippen LogP contribution in [-0.4, -0.2) is 8.07 Å². The average molecular weight is 156 g/mol. The van der Waals surface area contributed by atoms with E-state index in [1.165, 1.54) is 18.9 Å². The first-order chi connectivity index (χ1) is 4.62. The number of allylic oxidation sites excluding steroid dienone is 1. The summed E-state index contributed by atoms with van der Waals surface area (Å²) < 4.78 is 0. The molecule has 0 amide bonds. The van der Waals surface area contributed by atoms with E-state index >= 15 is 0 Å². The summed E-state index contributed by atoms with van der Waals surface area (Å²) in [5.41, 5.74) is 2.47. The summed E-state index contributed by atoms with van der Waals surface area (Å²) in [5, 5.41) is 0. The first kappa shape index (κ1) is 9.96. The predicted octanol–water partition coefficient (Wildman–Crippen LogP) is 3.61. The molecule has 0 aliphatic heterocycles. The standard InChI is InChI=1S/C9H20Si/c1-5-7-9-10(3,4)8-6-2/h7,9H,5-6,8H2,1-4H3/b9-7+. The average Bonchev–Trinajstić information content (AvgIpc) is 1.84. The van der Waals surface area contributed by atoms with Crippen LogP contribution in [0.25, 0.3) is 0 Å². The summed E-state index contributed by atoms with van der Waals surface area (Å²) in [5.74, 6) is 0. The smallest absolute Gasteiger partial charge is 0.0713 e. The molecule has 0 N–H and O–H groups in total. The molecule has 0 heterocycles. The molecule has 0 spiro atoms. The SMILES string of the molecule is CC/C=C/[Si](C)(C)CCC. The molecule has 10 heavy (non-hydrogen) atoms. The maximum Gasteiger partial charge on any atom is 0.0713 e. The zero-order valence-electron chi connectivity index (χ0n) is 7.78. The maximum atomic E-state index is 2.47. The minimum atomic E-state index is -0.905. The van der Waals surface area contributed by atoms with Gasteiger partial charge in [-0.05, 0) is 6.42 Å². The summed E-state index contributed by atoms with van der Waals surface area (Å²) in [6, 6.07) is 1.43. The first-order valence-electron chi connectivity index (χ1n) is 4.30. The summed E-state index contributed by atoms with van der Waals surface area (Å²) in [4.78, 5) is 0. The molecule has 0 aromatic rings. The molecule has 0 bridgehead atoms. The highest BCUT2D eigenvalue weighted by Gasteiger charge is 2.13. The van der Waals surface area contributed by atoms with Crippen molar-refractivity contribution in [3.05, 3.63) is 11.8 Å². The van der Waals surface area contributed by atoms with Crippen LogP contribution >= 0.6 is 0 Å². The minimum absolute atomic E-state index is 0.905. The van der Waals surface area contributed by atoms with E-state index in [-0.39, 0.29) is 0 Å². The van der Waals surface area contributed by atoms with Gasteiger partial charge in [0.05, 0.1) is 8.07 Å². The third-order valence-electron chi connectivity index (χ3n) is 1.70. The highest BCUT2D eigenvalue weighted by atomic mass is 28.3. The van der Waals surface area contributed by atoms with Gasteiger partial charge in [0.1, 0.15) is 0 Å². The van der Waals surface area contributed by atoms with Crippen LogP contribution in [0.4, 0.5) is 0 Å². The van der Waals surface area contributed by atoms with Crippen LogP contribution in [0.1, 0.15) is 26.7 Å². The van der Waals surface area contributed by atoms with Gasteiger partial charge in [-0.3, -0.25) is 0 Å². The van der Waals surface area contributed by atoms with Gasteiger partial charge in [-0.1, -0.05) is 51.2 Å². The normalized spacial score (nSPS) is 12.8. The Balaban J connectivity index is 3.73. The van der Waals surface area contributed by atoms with E-state index in [0.717, 1.165) is 0 Å². The van der Waals surface area contributed by atoms with E-state index in [1.807, 2.05) is 0 Å². The van der Waals surface area contributed by atoms with Gasteiger partial charge in [0.25, 0.3) is 0 Å². The molecule has 0 rings (SSSR count). The molecule has 0 aliphatic carbocycles. The van der Waals surface area contributed by atoms with Crippen molar-refractivity contribution in [3.8, 4) is 0 Å². The van der Waals surface area contributed by atoms with E-state index < -0.39 is 8.07 Å². The molecule has 0 aromatic carbocycles. The van der Waals surface area contributed by atoms with Gasteiger partial charge >= 0.3 is 0 Å². The molecule has 60 valence electrons. The quantitative estimate of drug-likeness (QED) is 0.545. The lowest BCUT2D eigenvalue weighted by Crippen LogP contribution is -2.21. The lowest BCUT2D eigenvalue weighted by molar-refractivity contribution is 1.05. The van der Waals surface area contributed by atoms with Crippen LogP contribution < -0.4 is 0 Å². The Labute approximate surface area is 66.4 Å². The second-order valence-corrected chi connectivity index (χ2v) is 8.36. The van der Waals surface area contributed by atoms with Gasteiger partial charge in [-0.2, -0.15) is 0 Å². The zero-order chi connectivity index (χ0) is 8.04. The van der Waals surface area contributed by atoms with Crippen LogP contribution in [0.15, 0.2) is 11.8 Å². The van der Waals surface area contributed by atoms with Crippen molar-refractivity contribution in [1.82, 2.24) is 0 Å². The van der Waals surface area contributed by atoms with Crippen molar-refractivity contribution >= 4 is 8.07 Å². The van der Waals surface area contributed by atoms with E-state index in [9.17, 15) is 0 Å². The highest BCUT2D eigenvalue weighted by molar-refractivity contribution is 6.82. The molecule has 0 fully saturated rings. The van der Waals surface area contributed by atoms with Gasteiger partial charge in [0.15, 0.2) is 0 Å². The molecule has 0 nitrogen and oxygen atoms in total. The molecular formula is C9H20Si. The van der Waals surface area contributed by atoms with E-state index in [4.69, 9.17) is 0 Å². The molecule has 0 aromatic heterocycles. The van der Waals surface area contributed by atoms with Crippen LogP contribution in [0, 0.1) is 0 Å². The Morgan fingerprint density at radius 2 is 1.80 bits per heavy atom. The molecule has 0 unspecified atom stereocenters. The van der Waals surface area contributed by atoms with Crippen LogP contribution in [0.3, 0.4) is 0 Å². The van der Waals surface area contributed by atoms with E-state index in [0.29, 0.717) is 0 Å². The molecular weight excluding hydrogens is 136 g/mol. The van der Waals surface area contributed by atoms with Crippen molar-refractivity contribution in [2.24, 2.45) is 0 Å². The summed E-state index contributed by atoms with van der Waals surface area (Å²) in [6.07, 6.45) is 4.86. The lowest BCUT2D eigenvalue weighted by Gasteiger charge is -2.15. The van der Waals surface area contributed by atoms with Gasteiger partial charge in [-0.15, -0.1) is 0 Å². The molecule has 0 saturated heterocycles. The molecule has 0 saturated carbocycles. The lowest BCUT2D eigenvalue weighted by atomic mass is 10.5. The van der Waals surface area contributed by atoms with E-state index in [1.54, 1.807) is 0 Å². The maximum absolute atomic E-state index is 2.47. The Kier molecular flexibility index (Phi) is 4.70. The van der Waals surface area contributed by atoms with Crippen molar-refractivity contribution in [2.75, 3.05) is 0 Å². The Morgan fingerprint density at radius 1 is 1.20 bits per heavy atom. The van der Waals surface area contributed by atoms with Gasteiger partial charge in [-0.25, -0.2) is 0 Å². The van der Waals surface area contributed by atoms with Gasteiger partial charge in [0.2, 0.25) is 0 Å². The van der Waals surface area contributed by atoms with Gasteiger partial charge < -0.3 is 0 Å². The number of hydrogen-bond acceptors (Lipinski definition) is 0. The van der Waals surface area contributed by atoms with Crippen LogP contribution in [-0.2, 0) is 0 Å². The first-order valence-corrected chi connectivity index (χ1v) is 7.58. The molecule has 0 aliphatic rings. The van der Waals surface area contributed by atoms with Crippen molar-refractivity contribution in [2.45, 2.75) is 45.8 Å². The summed E-state index contributed by atoms with van der Waals surface area (Å²) in [6.45, 7) is 9.34. The fourth-order valence-electron chi connectivity index (χ4n) is 1.16.